The Hall–Kier alpha value is -3.02. The zero-order valence-electron chi connectivity index (χ0n) is 17.1. The molecular weight excluding hydrogens is 366 g/mol. The van der Waals surface area contributed by atoms with Crippen molar-refractivity contribution < 1.29 is 14.3 Å². The van der Waals surface area contributed by atoms with Crippen LogP contribution in [0.5, 0.6) is 5.75 Å². The van der Waals surface area contributed by atoms with Gasteiger partial charge in [-0.2, -0.15) is 0 Å². The summed E-state index contributed by atoms with van der Waals surface area (Å²) in [7, 11) is 1.36. The highest BCUT2D eigenvalue weighted by molar-refractivity contribution is 5.89. The Morgan fingerprint density at radius 1 is 1.24 bits per heavy atom. The molecule has 1 aliphatic rings. The molecule has 1 aliphatic carbocycles. The molecule has 4 rings (SSSR count). The number of fused-ring (bicyclic) bond motifs is 1. The highest BCUT2D eigenvalue weighted by atomic mass is 16.5. The molecule has 6 nitrogen and oxygen atoms in total. The van der Waals surface area contributed by atoms with E-state index in [0.717, 1.165) is 35.1 Å². The molecule has 0 saturated heterocycles. The van der Waals surface area contributed by atoms with E-state index in [2.05, 4.69) is 28.9 Å². The number of carbonyl (C=O) groups is 1. The van der Waals surface area contributed by atoms with Crippen LogP contribution >= 0.6 is 0 Å². The molecule has 0 spiro atoms. The molecule has 1 aromatic heterocycles. The van der Waals surface area contributed by atoms with Crippen LogP contribution in [0.15, 0.2) is 42.5 Å². The Labute approximate surface area is 170 Å². The third-order valence-electron chi connectivity index (χ3n) is 5.43. The van der Waals surface area contributed by atoms with E-state index in [1.165, 1.54) is 25.5 Å². The summed E-state index contributed by atoms with van der Waals surface area (Å²) in [6.45, 7) is 5.82. The van der Waals surface area contributed by atoms with Gasteiger partial charge in [0.1, 0.15) is 11.6 Å². The van der Waals surface area contributed by atoms with Gasteiger partial charge in [0.15, 0.2) is 0 Å². The Bertz CT molecular complexity index is 1010. The van der Waals surface area contributed by atoms with E-state index in [1.54, 1.807) is 0 Å². The second-order valence-corrected chi connectivity index (χ2v) is 7.57. The summed E-state index contributed by atoms with van der Waals surface area (Å²) in [5.74, 6) is 2.81. The highest BCUT2D eigenvalue weighted by Gasteiger charge is 2.26. The number of nitrogens with one attached hydrogen (secondary N) is 1. The second-order valence-electron chi connectivity index (χ2n) is 7.57. The summed E-state index contributed by atoms with van der Waals surface area (Å²) in [4.78, 5) is 16.5. The number of aromatic nitrogens is 2. The van der Waals surface area contributed by atoms with Crippen molar-refractivity contribution in [3.8, 4) is 5.75 Å². The van der Waals surface area contributed by atoms with Gasteiger partial charge in [-0.1, -0.05) is 19.1 Å². The summed E-state index contributed by atoms with van der Waals surface area (Å²) < 4.78 is 12.6. The van der Waals surface area contributed by atoms with Gasteiger partial charge < -0.3 is 14.0 Å². The summed E-state index contributed by atoms with van der Waals surface area (Å²) in [5.41, 5.74) is 3.86. The lowest BCUT2D eigenvalue weighted by Gasteiger charge is -2.15. The summed E-state index contributed by atoms with van der Waals surface area (Å²) in [6, 6.07) is 14.1. The fourth-order valence-corrected chi connectivity index (χ4v) is 3.64. The maximum absolute atomic E-state index is 11.5. The zero-order chi connectivity index (χ0) is 20.4. The molecule has 0 aliphatic heterocycles. The number of ether oxygens (including phenoxy) is 2. The number of hydrogen-bond donors (Lipinski definition) is 1. The van der Waals surface area contributed by atoms with Gasteiger partial charge in [-0.3, -0.25) is 5.32 Å². The average Bonchev–Trinajstić information content (AvgIpc) is 3.48. The fourth-order valence-electron chi connectivity index (χ4n) is 3.64. The van der Waals surface area contributed by atoms with Crippen LogP contribution in [0.25, 0.3) is 11.0 Å². The normalized spacial score (nSPS) is 14.6. The molecule has 1 fully saturated rings. The predicted octanol–water partition coefficient (Wildman–Crippen LogP) is 5.18. The topological polar surface area (TPSA) is 65.4 Å². The first-order chi connectivity index (χ1) is 14.1. The number of methoxy groups -OCH3 is 1. The van der Waals surface area contributed by atoms with E-state index in [0.29, 0.717) is 12.3 Å². The molecule has 29 heavy (non-hydrogen) atoms. The number of carbonyl (C=O) groups excluding carboxylic acids is 1. The van der Waals surface area contributed by atoms with Crippen LogP contribution in [0.2, 0.25) is 0 Å². The fraction of sp³-hybridized carbons (Fsp3) is 0.391. The quantitative estimate of drug-likeness (QED) is 0.601. The molecule has 1 N–H and O–H groups in total. The molecule has 6 heteroatoms. The smallest absolute Gasteiger partial charge is 0.411 e. The van der Waals surface area contributed by atoms with E-state index in [4.69, 9.17) is 14.5 Å². The molecule has 1 saturated carbocycles. The summed E-state index contributed by atoms with van der Waals surface area (Å²) in [6.07, 6.45) is 2.07. The zero-order valence-corrected chi connectivity index (χ0v) is 17.1. The van der Waals surface area contributed by atoms with Crippen LogP contribution in [-0.4, -0.2) is 29.4 Å². The van der Waals surface area contributed by atoms with Gasteiger partial charge in [0.25, 0.3) is 0 Å². The number of hydrogen-bond acceptors (Lipinski definition) is 4. The highest BCUT2D eigenvalue weighted by Crippen LogP contribution is 2.35. The lowest BCUT2D eigenvalue weighted by Crippen LogP contribution is -2.11. The third-order valence-corrected chi connectivity index (χ3v) is 5.43. The third kappa shape index (κ3) is 4.21. The van der Waals surface area contributed by atoms with Gasteiger partial charge in [-0.25, -0.2) is 9.78 Å². The minimum absolute atomic E-state index is 0.147. The van der Waals surface area contributed by atoms with E-state index in [-0.39, 0.29) is 5.92 Å². The van der Waals surface area contributed by atoms with Crippen molar-refractivity contribution in [3.63, 3.8) is 0 Å². The SMILES string of the molecule is CCOc1ccc(C(C)c2nc3cc(NC(=O)OC)ccc3n2CC2CC2)cc1. The van der Waals surface area contributed by atoms with Crippen molar-refractivity contribution in [2.24, 2.45) is 5.92 Å². The monoisotopic (exact) mass is 393 g/mol. The van der Waals surface area contributed by atoms with Gasteiger partial charge in [0, 0.05) is 18.2 Å². The second kappa shape index (κ2) is 8.15. The van der Waals surface area contributed by atoms with E-state index in [9.17, 15) is 4.79 Å². The minimum Gasteiger partial charge on any atom is -0.494 e. The van der Waals surface area contributed by atoms with Gasteiger partial charge in [0.2, 0.25) is 0 Å². The van der Waals surface area contributed by atoms with Crippen molar-refractivity contribution in [2.75, 3.05) is 19.0 Å². The van der Waals surface area contributed by atoms with Crippen molar-refractivity contribution in [2.45, 2.75) is 39.2 Å². The molecule has 0 radical (unpaired) electrons. The molecule has 152 valence electrons. The van der Waals surface area contributed by atoms with Crippen LogP contribution in [0.1, 0.15) is 44.0 Å². The van der Waals surface area contributed by atoms with Gasteiger partial charge >= 0.3 is 6.09 Å². The molecule has 1 atom stereocenters. The van der Waals surface area contributed by atoms with Crippen LogP contribution in [-0.2, 0) is 11.3 Å². The Morgan fingerprint density at radius 2 is 2.00 bits per heavy atom. The molecule has 1 amide bonds. The number of rotatable bonds is 7. The number of nitrogens with zero attached hydrogens (tertiary/aromatic N) is 2. The number of benzene rings is 2. The summed E-state index contributed by atoms with van der Waals surface area (Å²) >= 11 is 0. The van der Waals surface area contributed by atoms with E-state index < -0.39 is 6.09 Å². The number of imidazole rings is 1. The molecule has 1 heterocycles. The molecular formula is C23H27N3O3. The number of amides is 1. The number of anilines is 1. The maximum Gasteiger partial charge on any atom is 0.411 e. The van der Waals surface area contributed by atoms with Gasteiger partial charge in [-0.15, -0.1) is 0 Å². The summed E-state index contributed by atoms with van der Waals surface area (Å²) in [5, 5.41) is 2.72. The maximum atomic E-state index is 11.5. The Morgan fingerprint density at radius 3 is 2.66 bits per heavy atom. The first-order valence-electron chi connectivity index (χ1n) is 10.2. The van der Waals surface area contributed by atoms with E-state index in [1.807, 2.05) is 37.3 Å². The van der Waals surface area contributed by atoms with Crippen LogP contribution in [0.3, 0.4) is 0 Å². The van der Waals surface area contributed by atoms with Crippen LogP contribution in [0, 0.1) is 5.92 Å². The molecule has 2 aromatic carbocycles. The largest absolute Gasteiger partial charge is 0.494 e. The first kappa shape index (κ1) is 19.3. The predicted molar refractivity (Wildman–Crippen MR) is 114 cm³/mol. The molecule has 3 aromatic rings. The van der Waals surface area contributed by atoms with Crippen LogP contribution < -0.4 is 10.1 Å². The van der Waals surface area contributed by atoms with Crippen molar-refractivity contribution >= 4 is 22.8 Å². The Balaban J connectivity index is 1.69. The minimum atomic E-state index is -0.482. The van der Waals surface area contributed by atoms with Gasteiger partial charge in [0.05, 0.1) is 24.8 Å². The van der Waals surface area contributed by atoms with Crippen molar-refractivity contribution in [1.29, 1.82) is 0 Å². The molecule has 1 unspecified atom stereocenters. The lowest BCUT2D eigenvalue weighted by atomic mass is 10.00. The lowest BCUT2D eigenvalue weighted by molar-refractivity contribution is 0.187. The van der Waals surface area contributed by atoms with Gasteiger partial charge in [-0.05, 0) is 61.6 Å². The van der Waals surface area contributed by atoms with Crippen molar-refractivity contribution in [1.82, 2.24) is 9.55 Å². The standard InChI is InChI=1S/C23H27N3O3/c1-4-29-19-10-7-17(8-11-19)15(2)22-25-20-13-18(24-23(27)28-3)9-12-21(20)26(22)14-16-5-6-16/h7-13,15-16H,4-6,14H2,1-3H3,(H,24,27). The first-order valence-corrected chi connectivity index (χ1v) is 10.2. The Kier molecular flexibility index (Phi) is 5.43. The van der Waals surface area contributed by atoms with Crippen LogP contribution in [0.4, 0.5) is 10.5 Å². The van der Waals surface area contributed by atoms with E-state index >= 15 is 0 Å². The van der Waals surface area contributed by atoms with Crippen molar-refractivity contribution in [3.05, 3.63) is 53.9 Å². The molecule has 0 bridgehead atoms. The average molecular weight is 393 g/mol.